The van der Waals surface area contributed by atoms with Crippen LogP contribution in [-0.4, -0.2) is 12.1 Å². The number of rotatable bonds is 6. The Kier molecular flexibility index (Phi) is 5.02. The highest BCUT2D eigenvalue weighted by Gasteiger charge is 2.25. The molecule has 0 aliphatic rings. The van der Waals surface area contributed by atoms with Crippen molar-refractivity contribution in [1.29, 1.82) is 0 Å². The van der Waals surface area contributed by atoms with Crippen LogP contribution in [0.5, 0.6) is 0 Å². The maximum absolute atomic E-state index is 13.4. The molecule has 0 amide bonds. The Balaban J connectivity index is 2.72. The fraction of sp³-hybridized carbons (Fsp3) is 0.538. The molecule has 2 nitrogen and oxygen atoms in total. The molecule has 0 saturated heterocycles. The summed E-state index contributed by atoms with van der Waals surface area (Å²) < 4.78 is 31.8. The molecular weight excluding hydrogens is 224 g/mol. The van der Waals surface area contributed by atoms with Crippen molar-refractivity contribution < 1.29 is 13.5 Å². The van der Waals surface area contributed by atoms with E-state index in [0.717, 1.165) is 18.9 Å². The Hall–Kier alpha value is -1.00. The van der Waals surface area contributed by atoms with E-state index in [1.807, 2.05) is 13.8 Å². The summed E-state index contributed by atoms with van der Waals surface area (Å²) in [5.74, 6) is -1.16. The number of ether oxygens (including phenoxy) is 1. The maximum atomic E-state index is 13.4. The first-order chi connectivity index (χ1) is 8.06. The van der Waals surface area contributed by atoms with Gasteiger partial charge in [-0.3, -0.25) is 0 Å². The molecule has 4 heteroatoms. The molecule has 1 aromatic carbocycles. The lowest BCUT2D eigenvalue weighted by Gasteiger charge is -2.30. The fourth-order valence-electron chi connectivity index (χ4n) is 1.67. The molecule has 1 rings (SSSR count). The summed E-state index contributed by atoms with van der Waals surface area (Å²) in [7, 11) is 0. The molecule has 2 N–H and O–H groups in total. The second kappa shape index (κ2) is 6.07. The van der Waals surface area contributed by atoms with Gasteiger partial charge in [0.2, 0.25) is 0 Å². The van der Waals surface area contributed by atoms with Gasteiger partial charge in [0.15, 0.2) is 0 Å². The Morgan fingerprint density at radius 2 is 1.88 bits per heavy atom. The Bertz CT molecular complexity index is 356. The maximum Gasteiger partial charge on any atom is 0.131 e. The molecule has 0 radical (unpaired) electrons. The molecule has 1 aromatic rings. The van der Waals surface area contributed by atoms with Crippen LogP contribution >= 0.6 is 0 Å². The van der Waals surface area contributed by atoms with E-state index >= 15 is 0 Å². The van der Waals surface area contributed by atoms with Crippen molar-refractivity contribution in [2.75, 3.05) is 6.54 Å². The number of benzene rings is 1. The van der Waals surface area contributed by atoms with Crippen LogP contribution in [0.4, 0.5) is 8.78 Å². The van der Waals surface area contributed by atoms with Crippen molar-refractivity contribution in [3.8, 4) is 0 Å². The second-order valence-corrected chi connectivity index (χ2v) is 4.12. The van der Waals surface area contributed by atoms with Crippen LogP contribution in [0.3, 0.4) is 0 Å². The molecule has 0 aliphatic carbocycles. The number of nitrogens with two attached hydrogens (primary N) is 1. The van der Waals surface area contributed by atoms with Gasteiger partial charge in [0, 0.05) is 18.2 Å². The van der Waals surface area contributed by atoms with Crippen LogP contribution in [-0.2, 0) is 11.3 Å². The molecule has 0 atom stereocenters. The van der Waals surface area contributed by atoms with Crippen LogP contribution in [0.15, 0.2) is 18.2 Å². The highest BCUT2D eigenvalue weighted by Crippen LogP contribution is 2.22. The number of hydrogen-bond donors (Lipinski definition) is 1. The van der Waals surface area contributed by atoms with E-state index in [9.17, 15) is 8.78 Å². The van der Waals surface area contributed by atoms with Gasteiger partial charge in [-0.15, -0.1) is 0 Å². The lowest BCUT2D eigenvalue weighted by atomic mass is 9.97. The van der Waals surface area contributed by atoms with Gasteiger partial charge in [-0.1, -0.05) is 19.9 Å². The smallest absolute Gasteiger partial charge is 0.131 e. The lowest BCUT2D eigenvalue weighted by Crippen LogP contribution is -2.39. The lowest BCUT2D eigenvalue weighted by molar-refractivity contribution is -0.0562. The van der Waals surface area contributed by atoms with Crippen LogP contribution < -0.4 is 5.73 Å². The summed E-state index contributed by atoms with van der Waals surface area (Å²) in [5.41, 5.74) is 5.61. The Morgan fingerprint density at radius 1 is 1.24 bits per heavy atom. The summed E-state index contributed by atoms with van der Waals surface area (Å²) in [5, 5.41) is 0. The van der Waals surface area contributed by atoms with Crippen LogP contribution in [0.25, 0.3) is 0 Å². The van der Waals surface area contributed by atoms with Crippen molar-refractivity contribution >= 4 is 0 Å². The van der Waals surface area contributed by atoms with Gasteiger partial charge in [-0.05, 0) is 18.9 Å². The minimum atomic E-state index is -0.581. The third kappa shape index (κ3) is 3.48. The van der Waals surface area contributed by atoms with Crippen LogP contribution in [0.2, 0.25) is 0 Å². The molecule has 0 heterocycles. The van der Waals surface area contributed by atoms with Gasteiger partial charge in [0.1, 0.15) is 11.6 Å². The topological polar surface area (TPSA) is 35.2 Å². The highest BCUT2D eigenvalue weighted by atomic mass is 19.1. The van der Waals surface area contributed by atoms with Gasteiger partial charge in [-0.2, -0.15) is 0 Å². The van der Waals surface area contributed by atoms with E-state index in [4.69, 9.17) is 10.5 Å². The number of halogens is 2. The summed E-state index contributed by atoms with van der Waals surface area (Å²) in [4.78, 5) is 0. The Labute approximate surface area is 101 Å². The largest absolute Gasteiger partial charge is 0.369 e. The average molecular weight is 243 g/mol. The van der Waals surface area contributed by atoms with E-state index in [-0.39, 0.29) is 6.61 Å². The van der Waals surface area contributed by atoms with Gasteiger partial charge in [0.25, 0.3) is 0 Å². The molecule has 0 aliphatic heterocycles. The average Bonchev–Trinajstić information content (AvgIpc) is 2.33. The summed E-state index contributed by atoms with van der Waals surface area (Å²) in [6.45, 7) is 4.47. The minimum absolute atomic E-state index is 0.116. The molecule has 0 aromatic heterocycles. The van der Waals surface area contributed by atoms with Crippen molar-refractivity contribution in [3.05, 3.63) is 35.4 Å². The summed E-state index contributed by atoms with van der Waals surface area (Å²) in [6, 6.07) is 3.49. The van der Waals surface area contributed by atoms with Gasteiger partial charge >= 0.3 is 0 Å². The molecule has 0 fully saturated rings. The van der Waals surface area contributed by atoms with E-state index in [1.54, 1.807) is 0 Å². The predicted octanol–water partition coefficient (Wildman–Crippen LogP) is 3.00. The van der Waals surface area contributed by atoms with Gasteiger partial charge in [-0.25, -0.2) is 8.78 Å². The second-order valence-electron chi connectivity index (χ2n) is 4.12. The molecular formula is C13H19F2NO. The third-order valence-electron chi connectivity index (χ3n) is 3.21. The zero-order valence-electron chi connectivity index (χ0n) is 10.3. The predicted molar refractivity (Wildman–Crippen MR) is 63.5 cm³/mol. The first kappa shape index (κ1) is 14.1. The van der Waals surface area contributed by atoms with E-state index in [1.165, 1.54) is 12.1 Å². The zero-order valence-corrected chi connectivity index (χ0v) is 10.3. The summed E-state index contributed by atoms with van der Waals surface area (Å²) in [6.07, 6.45) is 1.53. The third-order valence-corrected chi connectivity index (χ3v) is 3.21. The molecule has 0 unspecified atom stereocenters. The molecule has 0 spiro atoms. The van der Waals surface area contributed by atoms with Crippen molar-refractivity contribution in [1.82, 2.24) is 0 Å². The molecule has 17 heavy (non-hydrogen) atoms. The minimum Gasteiger partial charge on any atom is -0.369 e. The van der Waals surface area contributed by atoms with E-state index < -0.39 is 17.2 Å². The first-order valence-corrected chi connectivity index (χ1v) is 5.85. The standard InChI is InChI=1S/C13H19F2NO/c1-3-13(4-2,9-16)17-8-10-5-6-11(14)7-12(10)15/h5-7H,3-4,8-9,16H2,1-2H3. The summed E-state index contributed by atoms with van der Waals surface area (Å²) >= 11 is 0. The molecule has 0 saturated carbocycles. The van der Waals surface area contributed by atoms with Crippen molar-refractivity contribution in [2.45, 2.75) is 38.9 Å². The monoisotopic (exact) mass is 243 g/mol. The SMILES string of the molecule is CCC(CC)(CN)OCc1ccc(F)cc1F. The fourth-order valence-corrected chi connectivity index (χ4v) is 1.67. The van der Waals surface area contributed by atoms with Crippen molar-refractivity contribution in [3.63, 3.8) is 0 Å². The van der Waals surface area contributed by atoms with Crippen LogP contribution in [0, 0.1) is 11.6 Å². The quantitative estimate of drug-likeness (QED) is 0.833. The van der Waals surface area contributed by atoms with E-state index in [2.05, 4.69) is 0 Å². The molecule has 96 valence electrons. The highest BCUT2D eigenvalue weighted by molar-refractivity contribution is 5.17. The first-order valence-electron chi connectivity index (χ1n) is 5.85. The Morgan fingerprint density at radius 3 is 2.35 bits per heavy atom. The van der Waals surface area contributed by atoms with E-state index in [0.29, 0.717) is 12.1 Å². The zero-order chi connectivity index (χ0) is 12.9. The van der Waals surface area contributed by atoms with Crippen LogP contribution in [0.1, 0.15) is 32.3 Å². The molecule has 0 bridgehead atoms. The normalized spacial score (nSPS) is 11.8. The van der Waals surface area contributed by atoms with Gasteiger partial charge in [0.05, 0.1) is 12.2 Å². The van der Waals surface area contributed by atoms with Gasteiger partial charge < -0.3 is 10.5 Å². The number of hydrogen-bond acceptors (Lipinski definition) is 2. The van der Waals surface area contributed by atoms with Crippen molar-refractivity contribution in [2.24, 2.45) is 5.73 Å².